The number of hydrogen-bond acceptors (Lipinski definition) is 2. The minimum absolute atomic E-state index is 0.0603. The van der Waals surface area contributed by atoms with E-state index in [0.717, 1.165) is 50.0 Å². The number of quaternary nitrogens is 1. The van der Waals surface area contributed by atoms with Gasteiger partial charge in [-0.05, 0) is 32.6 Å². The SMILES string of the molecule is CCCCC/C=C/CCCC1=NCC[N+]1(CC)CCNC(C)=O. The molecule has 0 fully saturated rings. The van der Waals surface area contributed by atoms with Crippen LogP contribution in [0.1, 0.15) is 65.7 Å². The zero-order valence-electron chi connectivity index (χ0n) is 15.4. The maximum Gasteiger partial charge on any atom is 0.217 e. The van der Waals surface area contributed by atoms with Crippen molar-refractivity contribution in [3.8, 4) is 0 Å². The number of unbranched alkanes of at least 4 members (excludes halogenated alkanes) is 4. The Balaban J connectivity index is 2.31. The Morgan fingerprint density at radius 2 is 1.96 bits per heavy atom. The summed E-state index contributed by atoms with van der Waals surface area (Å²) in [7, 11) is 0. The molecule has 0 saturated heterocycles. The summed E-state index contributed by atoms with van der Waals surface area (Å²) in [5.74, 6) is 1.40. The number of carbonyl (C=O) groups excluding carboxylic acids is 1. The van der Waals surface area contributed by atoms with E-state index in [1.807, 2.05) is 0 Å². The number of amidine groups is 1. The predicted octanol–water partition coefficient (Wildman–Crippen LogP) is 3.68. The topological polar surface area (TPSA) is 41.5 Å². The average Bonchev–Trinajstić information content (AvgIpc) is 2.93. The van der Waals surface area contributed by atoms with E-state index in [4.69, 9.17) is 4.99 Å². The summed E-state index contributed by atoms with van der Waals surface area (Å²) in [4.78, 5) is 15.8. The van der Waals surface area contributed by atoms with Crippen molar-refractivity contribution in [2.75, 3.05) is 32.7 Å². The number of amides is 1. The maximum absolute atomic E-state index is 11.1. The molecule has 1 heterocycles. The van der Waals surface area contributed by atoms with Gasteiger partial charge in [-0.25, -0.2) is 4.99 Å². The minimum Gasteiger partial charge on any atom is -0.351 e. The molecule has 4 nitrogen and oxygen atoms in total. The highest BCUT2D eigenvalue weighted by atomic mass is 16.1. The van der Waals surface area contributed by atoms with Crippen LogP contribution in [-0.4, -0.2) is 48.9 Å². The van der Waals surface area contributed by atoms with Gasteiger partial charge in [0.2, 0.25) is 5.91 Å². The van der Waals surface area contributed by atoms with Crippen LogP contribution in [0.25, 0.3) is 0 Å². The van der Waals surface area contributed by atoms with Gasteiger partial charge in [0, 0.05) is 13.3 Å². The molecular formula is C19H36N3O+. The molecule has 4 heteroatoms. The zero-order chi connectivity index (χ0) is 17.0. The lowest BCUT2D eigenvalue weighted by atomic mass is 10.1. The highest BCUT2D eigenvalue weighted by Gasteiger charge is 2.35. The smallest absolute Gasteiger partial charge is 0.217 e. The molecule has 0 spiro atoms. The van der Waals surface area contributed by atoms with E-state index in [0.29, 0.717) is 0 Å². The second-order valence-electron chi connectivity index (χ2n) is 6.55. The van der Waals surface area contributed by atoms with Crippen LogP contribution in [0.15, 0.2) is 17.1 Å². The Morgan fingerprint density at radius 3 is 2.61 bits per heavy atom. The van der Waals surface area contributed by atoms with Crippen LogP contribution >= 0.6 is 0 Å². The Labute approximate surface area is 142 Å². The lowest BCUT2D eigenvalue weighted by molar-refractivity contribution is -0.833. The number of allylic oxidation sites excluding steroid dienone is 2. The molecule has 23 heavy (non-hydrogen) atoms. The van der Waals surface area contributed by atoms with Crippen LogP contribution in [0.5, 0.6) is 0 Å². The lowest BCUT2D eigenvalue weighted by Crippen LogP contribution is -2.54. The summed E-state index contributed by atoms with van der Waals surface area (Å²) in [5, 5.41) is 2.93. The number of nitrogens with zero attached hydrogens (tertiary/aromatic N) is 2. The van der Waals surface area contributed by atoms with Gasteiger partial charge in [-0.3, -0.25) is 9.28 Å². The van der Waals surface area contributed by atoms with Crippen LogP contribution < -0.4 is 5.32 Å². The quantitative estimate of drug-likeness (QED) is 0.332. The van der Waals surface area contributed by atoms with Crippen molar-refractivity contribution in [2.24, 2.45) is 4.99 Å². The van der Waals surface area contributed by atoms with Crippen molar-refractivity contribution in [3.63, 3.8) is 0 Å². The van der Waals surface area contributed by atoms with Gasteiger partial charge in [0.05, 0.1) is 19.6 Å². The molecule has 1 atom stereocenters. The molecule has 1 aliphatic rings. The van der Waals surface area contributed by atoms with Crippen molar-refractivity contribution in [1.82, 2.24) is 5.32 Å². The first-order valence-electron chi connectivity index (χ1n) is 9.44. The fourth-order valence-electron chi connectivity index (χ4n) is 3.28. The molecule has 0 aliphatic carbocycles. The van der Waals surface area contributed by atoms with E-state index in [1.54, 1.807) is 6.92 Å². The second-order valence-corrected chi connectivity index (χ2v) is 6.55. The first-order chi connectivity index (χ1) is 11.1. The van der Waals surface area contributed by atoms with Gasteiger partial charge in [-0.1, -0.05) is 31.9 Å². The number of carbonyl (C=O) groups is 1. The highest BCUT2D eigenvalue weighted by Crippen LogP contribution is 2.19. The summed E-state index contributed by atoms with van der Waals surface area (Å²) < 4.78 is 0.973. The van der Waals surface area contributed by atoms with Crippen molar-refractivity contribution in [3.05, 3.63) is 12.2 Å². The molecule has 0 saturated carbocycles. The molecule has 0 bridgehead atoms. The van der Waals surface area contributed by atoms with E-state index < -0.39 is 0 Å². The largest absolute Gasteiger partial charge is 0.351 e. The summed E-state index contributed by atoms with van der Waals surface area (Å²) in [5.41, 5.74) is 0. The molecule has 132 valence electrons. The number of aliphatic imine (C=N–C) groups is 1. The molecule has 0 radical (unpaired) electrons. The fourth-order valence-corrected chi connectivity index (χ4v) is 3.28. The molecule has 1 unspecified atom stereocenters. The molecular weight excluding hydrogens is 286 g/mol. The van der Waals surface area contributed by atoms with Crippen LogP contribution in [-0.2, 0) is 4.79 Å². The average molecular weight is 323 g/mol. The first kappa shape index (κ1) is 19.9. The second kappa shape index (κ2) is 11.4. The third-order valence-electron chi connectivity index (χ3n) is 4.80. The molecule has 1 aliphatic heterocycles. The normalized spacial score (nSPS) is 20.9. The highest BCUT2D eigenvalue weighted by molar-refractivity contribution is 5.77. The van der Waals surface area contributed by atoms with Crippen molar-refractivity contribution in [2.45, 2.75) is 65.7 Å². The molecule has 0 aromatic rings. The van der Waals surface area contributed by atoms with Crippen molar-refractivity contribution < 1.29 is 9.28 Å². The number of rotatable bonds is 12. The monoisotopic (exact) mass is 322 g/mol. The number of likely N-dealkylation sites (N-methyl/N-ethyl adjacent to an activating group) is 1. The van der Waals surface area contributed by atoms with E-state index in [2.05, 4.69) is 31.3 Å². The van der Waals surface area contributed by atoms with Gasteiger partial charge in [-0.2, -0.15) is 0 Å². The number of hydrogen-bond donors (Lipinski definition) is 1. The standard InChI is InChI=1S/C19H35N3O/c1-4-6-7-8-9-10-11-12-13-19-21-15-17-22(19,5-2)16-14-20-18(3)23/h9-10H,4-8,11-17H2,1-3H3/p+1/b10-9+. The molecule has 0 aromatic heterocycles. The van der Waals surface area contributed by atoms with Gasteiger partial charge < -0.3 is 5.32 Å². The minimum atomic E-state index is 0.0603. The lowest BCUT2D eigenvalue weighted by Gasteiger charge is -2.33. The maximum atomic E-state index is 11.1. The Morgan fingerprint density at radius 1 is 1.22 bits per heavy atom. The van der Waals surface area contributed by atoms with Crippen LogP contribution in [0, 0.1) is 0 Å². The van der Waals surface area contributed by atoms with E-state index in [9.17, 15) is 4.79 Å². The van der Waals surface area contributed by atoms with E-state index >= 15 is 0 Å². The predicted molar refractivity (Wildman–Crippen MR) is 98.7 cm³/mol. The Bertz CT molecular complexity index is 403. The van der Waals surface area contributed by atoms with E-state index in [1.165, 1.54) is 37.9 Å². The zero-order valence-corrected chi connectivity index (χ0v) is 15.4. The van der Waals surface area contributed by atoms with E-state index in [-0.39, 0.29) is 5.91 Å². The molecule has 1 amide bonds. The molecule has 1 rings (SSSR count). The van der Waals surface area contributed by atoms with Gasteiger partial charge in [0.25, 0.3) is 0 Å². The van der Waals surface area contributed by atoms with Crippen LogP contribution in [0.2, 0.25) is 0 Å². The molecule has 0 aromatic carbocycles. The first-order valence-corrected chi connectivity index (χ1v) is 9.44. The van der Waals surface area contributed by atoms with Gasteiger partial charge in [0.15, 0.2) is 5.84 Å². The van der Waals surface area contributed by atoms with Crippen molar-refractivity contribution in [1.29, 1.82) is 0 Å². The van der Waals surface area contributed by atoms with Crippen LogP contribution in [0.4, 0.5) is 0 Å². The fraction of sp³-hybridized carbons (Fsp3) is 0.789. The van der Waals surface area contributed by atoms with Crippen LogP contribution in [0.3, 0.4) is 0 Å². The van der Waals surface area contributed by atoms with Gasteiger partial charge >= 0.3 is 0 Å². The Hall–Kier alpha value is -1.16. The third kappa shape index (κ3) is 7.30. The number of nitrogens with one attached hydrogen (secondary N) is 1. The summed E-state index contributed by atoms with van der Waals surface area (Å²) >= 11 is 0. The van der Waals surface area contributed by atoms with Gasteiger partial charge in [-0.15, -0.1) is 0 Å². The molecule has 1 N–H and O–H groups in total. The Kier molecular flexibility index (Phi) is 9.85. The summed E-state index contributed by atoms with van der Waals surface area (Å²) in [6.45, 7) is 10.9. The van der Waals surface area contributed by atoms with Gasteiger partial charge in [0.1, 0.15) is 13.1 Å². The third-order valence-corrected chi connectivity index (χ3v) is 4.80. The summed E-state index contributed by atoms with van der Waals surface area (Å²) in [6.07, 6.45) is 13.3. The summed E-state index contributed by atoms with van der Waals surface area (Å²) in [6, 6.07) is 0. The van der Waals surface area contributed by atoms with Crippen molar-refractivity contribution >= 4 is 11.7 Å².